The van der Waals surface area contributed by atoms with Gasteiger partial charge in [0.2, 0.25) is 0 Å². The Bertz CT molecular complexity index is 239. The van der Waals surface area contributed by atoms with Crippen molar-refractivity contribution < 1.29 is 23.1 Å². The molecule has 0 aliphatic heterocycles. The van der Waals surface area contributed by atoms with Crippen LogP contribution < -0.4 is 0 Å². The quantitative estimate of drug-likeness (QED) is 0.692. The largest absolute Gasteiger partial charge is 0.500 e. The van der Waals surface area contributed by atoms with Gasteiger partial charge in [-0.1, -0.05) is 0 Å². The molecule has 1 rings (SSSR count). The van der Waals surface area contributed by atoms with Crippen molar-refractivity contribution in [3.63, 3.8) is 0 Å². The first kappa shape index (κ1) is 17.1. The molecule has 0 aromatic heterocycles. The van der Waals surface area contributed by atoms with E-state index in [0.717, 1.165) is 31.7 Å². The lowest BCUT2D eigenvalue weighted by Gasteiger charge is -2.34. The molecular formula is C13H28O5Si. The van der Waals surface area contributed by atoms with Gasteiger partial charge < -0.3 is 23.1 Å². The summed E-state index contributed by atoms with van der Waals surface area (Å²) in [6, 6.07) is 0.816. The fraction of sp³-hybridized carbons (Fsp3) is 1.00. The zero-order valence-corrected chi connectivity index (χ0v) is 13.6. The number of aliphatic hydroxyl groups excluding tert-OH is 1. The summed E-state index contributed by atoms with van der Waals surface area (Å²) in [5.41, 5.74) is 0. The average Bonchev–Trinajstić information content (AvgIpc) is 2.44. The molecule has 0 aromatic rings. The van der Waals surface area contributed by atoms with Crippen LogP contribution >= 0.6 is 0 Å². The first-order valence-electron chi connectivity index (χ1n) is 7.05. The standard InChI is InChI=1S/C13H28O5Si/c1-5-18-13-10-11(6-7-12(13)14)8-9-19(15-2,16-3)17-4/h11-14H,5-10H2,1-4H3. The molecule has 0 amide bonds. The van der Waals surface area contributed by atoms with Gasteiger partial charge in [-0.15, -0.1) is 0 Å². The predicted molar refractivity (Wildman–Crippen MR) is 75.0 cm³/mol. The van der Waals surface area contributed by atoms with Crippen molar-refractivity contribution in [1.29, 1.82) is 0 Å². The van der Waals surface area contributed by atoms with E-state index in [1.165, 1.54) is 0 Å². The van der Waals surface area contributed by atoms with Gasteiger partial charge in [-0.25, -0.2) is 0 Å². The second-order valence-corrected chi connectivity index (χ2v) is 8.17. The minimum atomic E-state index is -2.46. The van der Waals surface area contributed by atoms with Crippen LogP contribution in [0.1, 0.15) is 32.6 Å². The molecule has 3 unspecified atom stereocenters. The van der Waals surface area contributed by atoms with E-state index in [-0.39, 0.29) is 12.2 Å². The number of hydrogen-bond acceptors (Lipinski definition) is 5. The van der Waals surface area contributed by atoms with Crippen LogP contribution in [0.4, 0.5) is 0 Å². The van der Waals surface area contributed by atoms with Gasteiger partial charge in [0.1, 0.15) is 0 Å². The van der Waals surface area contributed by atoms with E-state index in [2.05, 4.69) is 0 Å². The zero-order chi connectivity index (χ0) is 14.3. The summed E-state index contributed by atoms with van der Waals surface area (Å²) in [6.07, 6.45) is 3.43. The Balaban J connectivity index is 2.44. The highest BCUT2D eigenvalue weighted by Gasteiger charge is 2.39. The van der Waals surface area contributed by atoms with Crippen molar-refractivity contribution in [2.24, 2.45) is 5.92 Å². The zero-order valence-electron chi connectivity index (χ0n) is 12.6. The van der Waals surface area contributed by atoms with Crippen LogP contribution in [0, 0.1) is 5.92 Å². The highest BCUT2D eigenvalue weighted by Crippen LogP contribution is 2.32. The third-order valence-corrected chi connectivity index (χ3v) is 6.81. The molecule has 1 aliphatic rings. The number of hydrogen-bond donors (Lipinski definition) is 1. The third-order valence-electron chi connectivity index (χ3n) is 4.04. The normalized spacial score (nSPS) is 28.6. The Hall–Kier alpha value is 0.0169. The molecule has 0 radical (unpaired) electrons. The minimum Gasteiger partial charge on any atom is -0.390 e. The molecule has 0 bridgehead atoms. The molecule has 0 aromatic carbocycles. The van der Waals surface area contributed by atoms with E-state index in [0.29, 0.717) is 12.5 Å². The van der Waals surface area contributed by atoms with E-state index >= 15 is 0 Å². The molecule has 1 saturated carbocycles. The predicted octanol–water partition coefficient (Wildman–Crippen LogP) is 1.82. The molecule has 3 atom stereocenters. The lowest BCUT2D eigenvalue weighted by atomic mass is 9.84. The summed E-state index contributed by atoms with van der Waals surface area (Å²) in [7, 11) is 2.47. The lowest BCUT2D eigenvalue weighted by molar-refractivity contribution is -0.0679. The maximum absolute atomic E-state index is 9.89. The van der Waals surface area contributed by atoms with Gasteiger partial charge in [0, 0.05) is 34.0 Å². The van der Waals surface area contributed by atoms with Gasteiger partial charge in [0.15, 0.2) is 0 Å². The summed E-state index contributed by atoms with van der Waals surface area (Å²) in [5, 5.41) is 9.89. The van der Waals surface area contributed by atoms with Gasteiger partial charge in [-0.2, -0.15) is 0 Å². The molecule has 114 valence electrons. The lowest BCUT2D eigenvalue weighted by Crippen LogP contribution is -2.43. The first-order valence-corrected chi connectivity index (χ1v) is 8.99. The van der Waals surface area contributed by atoms with E-state index in [1.807, 2.05) is 6.92 Å². The van der Waals surface area contributed by atoms with Crippen LogP contribution in [0.5, 0.6) is 0 Å². The first-order chi connectivity index (χ1) is 9.10. The van der Waals surface area contributed by atoms with Gasteiger partial charge >= 0.3 is 8.80 Å². The monoisotopic (exact) mass is 292 g/mol. The van der Waals surface area contributed by atoms with Gasteiger partial charge in [0.25, 0.3) is 0 Å². The van der Waals surface area contributed by atoms with Crippen molar-refractivity contribution in [3.05, 3.63) is 0 Å². The molecular weight excluding hydrogens is 264 g/mol. The van der Waals surface area contributed by atoms with Crippen molar-refractivity contribution in [1.82, 2.24) is 0 Å². The van der Waals surface area contributed by atoms with Gasteiger partial charge in [0.05, 0.1) is 12.2 Å². The highest BCUT2D eigenvalue weighted by molar-refractivity contribution is 6.60. The Labute approximate surface area is 117 Å². The van der Waals surface area contributed by atoms with Crippen molar-refractivity contribution in [3.8, 4) is 0 Å². The summed E-state index contributed by atoms with van der Waals surface area (Å²) in [5.74, 6) is 0.548. The van der Waals surface area contributed by atoms with E-state index in [4.69, 9.17) is 18.0 Å². The van der Waals surface area contributed by atoms with Gasteiger partial charge in [-0.05, 0) is 38.5 Å². The minimum absolute atomic E-state index is 0.0209. The van der Waals surface area contributed by atoms with Crippen LogP contribution in [-0.2, 0) is 18.0 Å². The highest BCUT2D eigenvalue weighted by atomic mass is 28.4. The fourth-order valence-corrected chi connectivity index (χ4v) is 4.66. The van der Waals surface area contributed by atoms with E-state index in [1.54, 1.807) is 21.3 Å². The molecule has 0 saturated heterocycles. The van der Waals surface area contributed by atoms with Crippen LogP contribution in [-0.4, -0.2) is 54.1 Å². The number of ether oxygens (including phenoxy) is 1. The maximum Gasteiger partial charge on any atom is 0.500 e. The van der Waals surface area contributed by atoms with Crippen LogP contribution in [0.2, 0.25) is 6.04 Å². The summed E-state index contributed by atoms with van der Waals surface area (Å²) >= 11 is 0. The second-order valence-electron chi connectivity index (χ2n) is 5.07. The number of aliphatic hydroxyl groups is 1. The Kier molecular flexibility index (Phi) is 7.49. The smallest absolute Gasteiger partial charge is 0.390 e. The maximum atomic E-state index is 9.89. The van der Waals surface area contributed by atoms with Crippen LogP contribution in [0.3, 0.4) is 0 Å². The molecule has 1 fully saturated rings. The summed E-state index contributed by atoms with van der Waals surface area (Å²) in [4.78, 5) is 0. The molecule has 0 spiro atoms. The molecule has 6 heteroatoms. The SMILES string of the molecule is CCOC1CC(CC[Si](OC)(OC)OC)CCC1O. The van der Waals surface area contributed by atoms with E-state index in [9.17, 15) is 5.11 Å². The van der Waals surface area contributed by atoms with Crippen LogP contribution in [0.25, 0.3) is 0 Å². The Morgan fingerprint density at radius 3 is 2.26 bits per heavy atom. The Morgan fingerprint density at radius 1 is 1.11 bits per heavy atom. The van der Waals surface area contributed by atoms with Crippen molar-refractivity contribution in [2.75, 3.05) is 27.9 Å². The molecule has 1 N–H and O–H groups in total. The average molecular weight is 292 g/mol. The molecule has 0 heterocycles. The molecule has 1 aliphatic carbocycles. The Morgan fingerprint density at radius 2 is 1.74 bits per heavy atom. The number of rotatable bonds is 8. The van der Waals surface area contributed by atoms with Crippen LogP contribution in [0.15, 0.2) is 0 Å². The summed E-state index contributed by atoms with van der Waals surface area (Å²) < 4.78 is 21.9. The molecule has 19 heavy (non-hydrogen) atoms. The van der Waals surface area contributed by atoms with Gasteiger partial charge in [-0.3, -0.25) is 0 Å². The summed E-state index contributed by atoms with van der Waals surface area (Å²) in [6.45, 7) is 2.62. The second kappa shape index (κ2) is 8.34. The van der Waals surface area contributed by atoms with Crippen molar-refractivity contribution >= 4 is 8.80 Å². The third kappa shape index (κ3) is 4.80. The topological polar surface area (TPSA) is 57.2 Å². The fourth-order valence-electron chi connectivity index (χ4n) is 2.79. The molecule has 5 nitrogen and oxygen atoms in total. The van der Waals surface area contributed by atoms with E-state index < -0.39 is 8.80 Å². The van der Waals surface area contributed by atoms with Crippen molar-refractivity contribution in [2.45, 2.75) is 50.9 Å².